The molecule has 0 unspecified atom stereocenters. The molecule has 0 aromatic carbocycles. The number of amides is 1. The summed E-state index contributed by atoms with van der Waals surface area (Å²) >= 11 is 0. The smallest absolute Gasteiger partial charge is 0.254 e. The van der Waals surface area contributed by atoms with Crippen molar-refractivity contribution in [2.24, 2.45) is 0 Å². The molecule has 1 aliphatic rings. The van der Waals surface area contributed by atoms with Gasteiger partial charge in [-0.15, -0.1) is 0 Å². The van der Waals surface area contributed by atoms with E-state index in [1.54, 1.807) is 18.7 Å². The lowest BCUT2D eigenvalue weighted by Gasteiger charge is -2.37. The van der Waals surface area contributed by atoms with Gasteiger partial charge < -0.3 is 14.9 Å². The molecule has 17 heavy (non-hydrogen) atoms. The van der Waals surface area contributed by atoms with Gasteiger partial charge in [-0.3, -0.25) is 9.69 Å². The van der Waals surface area contributed by atoms with Gasteiger partial charge in [-0.2, -0.15) is 0 Å². The quantitative estimate of drug-likeness (QED) is 0.720. The second kappa shape index (κ2) is 5.80. The molecule has 100 valence electrons. The fourth-order valence-electron chi connectivity index (χ4n) is 1.90. The van der Waals surface area contributed by atoms with Gasteiger partial charge in [0.1, 0.15) is 5.60 Å². The van der Waals surface area contributed by atoms with Crippen molar-refractivity contribution in [1.29, 1.82) is 0 Å². The summed E-state index contributed by atoms with van der Waals surface area (Å²) in [6, 6.07) is 0. The molecule has 1 rings (SSSR count). The largest absolute Gasteiger partial charge is 0.381 e. The molecule has 5 nitrogen and oxygen atoms in total. The van der Waals surface area contributed by atoms with Crippen LogP contribution in [0.2, 0.25) is 0 Å². The summed E-state index contributed by atoms with van der Waals surface area (Å²) in [5, 5.41) is 9.67. The SMILES string of the molecule is CN(C)CCN1CCN(C(=O)C(C)(C)O)CC1. The lowest BCUT2D eigenvalue weighted by atomic mass is 10.1. The second-order valence-corrected chi connectivity index (χ2v) is 5.50. The minimum absolute atomic E-state index is 0.162. The molecule has 1 heterocycles. The Bertz CT molecular complexity index is 253. The van der Waals surface area contributed by atoms with Crippen LogP contribution in [0.1, 0.15) is 13.8 Å². The summed E-state index contributed by atoms with van der Waals surface area (Å²) in [5.74, 6) is -0.162. The van der Waals surface area contributed by atoms with Gasteiger partial charge in [0.2, 0.25) is 0 Å². The maximum atomic E-state index is 11.8. The van der Waals surface area contributed by atoms with E-state index in [0.29, 0.717) is 0 Å². The van der Waals surface area contributed by atoms with Crippen LogP contribution in [0.15, 0.2) is 0 Å². The van der Waals surface area contributed by atoms with E-state index in [4.69, 9.17) is 0 Å². The summed E-state index contributed by atoms with van der Waals surface area (Å²) in [7, 11) is 4.13. The lowest BCUT2D eigenvalue weighted by Crippen LogP contribution is -2.54. The Morgan fingerprint density at radius 3 is 2.18 bits per heavy atom. The summed E-state index contributed by atoms with van der Waals surface area (Å²) in [5.41, 5.74) is -1.24. The number of carbonyl (C=O) groups excluding carboxylic acids is 1. The van der Waals surface area contributed by atoms with Crippen LogP contribution in [0, 0.1) is 0 Å². The Labute approximate surface area is 104 Å². The van der Waals surface area contributed by atoms with E-state index in [1.165, 1.54) is 0 Å². The average molecular weight is 243 g/mol. The van der Waals surface area contributed by atoms with Crippen LogP contribution in [-0.2, 0) is 4.79 Å². The molecule has 0 bridgehead atoms. The van der Waals surface area contributed by atoms with E-state index in [-0.39, 0.29) is 5.91 Å². The number of rotatable bonds is 4. The van der Waals surface area contributed by atoms with Crippen LogP contribution in [0.25, 0.3) is 0 Å². The first-order chi connectivity index (χ1) is 7.80. The second-order valence-electron chi connectivity index (χ2n) is 5.50. The maximum absolute atomic E-state index is 11.8. The number of aliphatic hydroxyl groups is 1. The first kappa shape index (κ1) is 14.4. The van der Waals surface area contributed by atoms with E-state index in [2.05, 4.69) is 23.9 Å². The zero-order valence-electron chi connectivity index (χ0n) is 11.4. The molecule has 0 atom stereocenters. The number of hydrogen-bond donors (Lipinski definition) is 1. The molecule has 0 saturated carbocycles. The molecule has 1 N–H and O–H groups in total. The third-order valence-electron chi connectivity index (χ3n) is 3.05. The van der Waals surface area contributed by atoms with Gasteiger partial charge >= 0.3 is 0 Å². The van der Waals surface area contributed by atoms with Crippen LogP contribution in [0.5, 0.6) is 0 Å². The fraction of sp³-hybridized carbons (Fsp3) is 0.917. The standard InChI is InChI=1S/C12H25N3O2/c1-12(2,17)11(16)15-9-7-14(8-10-15)6-5-13(3)4/h17H,5-10H2,1-4H3. The Kier molecular flexibility index (Phi) is 4.91. The molecule has 1 fully saturated rings. The van der Waals surface area contributed by atoms with Crippen molar-refractivity contribution in [2.75, 3.05) is 53.4 Å². The zero-order chi connectivity index (χ0) is 13.1. The van der Waals surface area contributed by atoms with Gasteiger partial charge in [0.25, 0.3) is 5.91 Å². The number of likely N-dealkylation sites (N-methyl/N-ethyl adjacent to an activating group) is 1. The molecule has 5 heteroatoms. The predicted octanol–water partition coefficient (Wildman–Crippen LogP) is -0.537. The van der Waals surface area contributed by atoms with Crippen molar-refractivity contribution in [3.8, 4) is 0 Å². The first-order valence-electron chi connectivity index (χ1n) is 6.19. The number of carbonyl (C=O) groups is 1. The molecule has 1 saturated heterocycles. The molecule has 0 aliphatic carbocycles. The van der Waals surface area contributed by atoms with E-state index in [0.717, 1.165) is 39.3 Å². The van der Waals surface area contributed by atoms with E-state index >= 15 is 0 Å². The Balaban J connectivity index is 2.33. The Morgan fingerprint density at radius 2 is 1.76 bits per heavy atom. The number of nitrogens with zero attached hydrogens (tertiary/aromatic N) is 3. The normalized spacial score (nSPS) is 18.8. The van der Waals surface area contributed by atoms with Crippen molar-refractivity contribution >= 4 is 5.91 Å². The van der Waals surface area contributed by atoms with Gasteiger partial charge in [-0.25, -0.2) is 0 Å². The Morgan fingerprint density at radius 1 is 1.24 bits per heavy atom. The summed E-state index contributed by atoms with van der Waals surface area (Å²) in [4.78, 5) is 18.1. The summed E-state index contributed by atoms with van der Waals surface area (Å²) in [6.07, 6.45) is 0. The Hall–Kier alpha value is -0.650. The van der Waals surface area contributed by atoms with Crippen LogP contribution in [0.3, 0.4) is 0 Å². The zero-order valence-corrected chi connectivity index (χ0v) is 11.4. The highest BCUT2D eigenvalue weighted by Gasteiger charge is 2.31. The fourth-order valence-corrected chi connectivity index (χ4v) is 1.90. The summed E-state index contributed by atoms with van der Waals surface area (Å²) < 4.78 is 0. The minimum atomic E-state index is -1.24. The topological polar surface area (TPSA) is 47.0 Å². The third-order valence-corrected chi connectivity index (χ3v) is 3.05. The molecule has 0 aromatic heterocycles. The van der Waals surface area contributed by atoms with Gasteiger partial charge in [-0.05, 0) is 27.9 Å². The highest BCUT2D eigenvalue weighted by atomic mass is 16.3. The van der Waals surface area contributed by atoms with Crippen molar-refractivity contribution in [2.45, 2.75) is 19.4 Å². The molecule has 1 aliphatic heterocycles. The van der Waals surface area contributed by atoms with Crippen molar-refractivity contribution in [3.05, 3.63) is 0 Å². The molecular weight excluding hydrogens is 218 g/mol. The first-order valence-corrected chi connectivity index (χ1v) is 6.19. The van der Waals surface area contributed by atoms with Crippen LogP contribution in [0.4, 0.5) is 0 Å². The maximum Gasteiger partial charge on any atom is 0.254 e. The summed E-state index contributed by atoms with van der Waals surface area (Å²) in [6.45, 7) is 8.41. The van der Waals surface area contributed by atoms with Crippen molar-refractivity contribution in [3.63, 3.8) is 0 Å². The molecule has 0 radical (unpaired) electrons. The lowest BCUT2D eigenvalue weighted by molar-refractivity contribution is -0.149. The van der Waals surface area contributed by atoms with Gasteiger partial charge in [0.05, 0.1) is 0 Å². The van der Waals surface area contributed by atoms with E-state index < -0.39 is 5.60 Å². The van der Waals surface area contributed by atoms with Crippen LogP contribution < -0.4 is 0 Å². The molecular formula is C12H25N3O2. The molecule has 0 spiro atoms. The highest BCUT2D eigenvalue weighted by Crippen LogP contribution is 2.10. The minimum Gasteiger partial charge on any atom is -0.381 e. The number of hydrogen-bond acceptors (Lipinski definition) is 4. The monoisotopic (exact) mass is 243 g/mol. The van der Waals surface area contributed by atoms with Crippen LogP contribution >= 0.6 is 0 Å². The van der Waals surface area contributed by atoms with Crippen molar-refractivity contribution in [1.82, 2.24) is 14.7 Å². The van der Waals surface area contributed by atoms with Gasteiger partial charge in [0, 0.05) is 39.3 Å². The average Bonchev–Trinajstić information content (AvgIpc) is 2.25. The highest BCUT2D eigenvalue weighted by molar-refractivity contribution is 5.84. The van der Waals surface area contributed by atoms with Gasteiger partial charge in [0.15, 0.2) is 0 Å². The third kappa shape index (κ3) is 4.61. The van der Waals surface area contributed by atoms with E-state index in [9.17, 15) is 9.90 Å². The van der Waals surface area contributed by atoms with E-state index in [1.807, 2.05) is 0 Å². The van der Waals surface area contributed by atoms with Crippen molar-refractivity contribution < 1.29 is 9.90 Å². The molecule has 1 amide bonds. The molecule has 0 aromatic rings. The van der Waals surface area contributed by atoms with Crippen LogP contribution in [-0.4, -0.2) is 84.7 Å². The predicted molar refractivity (Wildman–Crippen MR) is 67.9 cm³/mol. The number of piperazine rings is 1. The van der Waals surface area contributed by atoms with Gasteiger partial charge in [-0.1, -0.05) is 0 Å².